The molecule has 1 aromatic rings. The van der Waals surface area contributed by atoms with Crippen LogP contribution < -0.4 is 0 Å². The highest BCUT2D eigenvalue weighted by Crippen LogP contribution is 2.20. The van der Waals surface area contributed by atoms with E-state index in [4.69, 9.17) is 16.3 Å². The molecule has 0 saturated carbocycles. The van der Waals surface area contributed by atoms with Crippen molar-refractivity contribution in [1.29, 1.82) is 0 Å². The number of carbonyl (C=O) groups is 1. The van der Waals surface area contributed by atoms with Gasteiger partial charge in [-0.15, -0.1) is 0 Å². The van der Waals surface area contributed by atoms with Gasteiger partial charge in [0.25, 0.3) is 0 Å². The van der Waals surface area contributed by atoms with Crippen LogP contribution in [-0.2, 0) is 4.74 Å². The summed E-state index contributed by atoms with van der Waals surface area (Å²) in [7, 11) is 0. The molecule has 1 aromatic carbocycles. The van der Waals surface area contributed by atoms with Crippen molar-refractivity contribution >= 4 is 17.6 Å². The molecule has 1 rings (SSSR count). The molecule has 0 aliphatic rings. The Morgan fingerprint density at radius 2 is 1.67 bits per heavy atom. The number of hydrogen-bond acceptors (Lipinski definition) is 2. The molecular weight excluding hydrogens is 327 g/mol. The summed E-state index contributed by atoms with van der Waals surface area (Å²) in [4.78, 5) is 12.0. The number of halogens is 2. The fourth-order valence-corrected chi connectivity index (χ4v) is 2.88. The van der Waals surface area contributed by atoms with Crippen molar-refractivity contribution in [3.63, 3.8) is 0 Å². The zero-order chi connectivity index (χ0) is 17.8. The molecule has 0 radical (unpaired) electrons. The number of ether oxygens (including phenoxy) is 1. The molecule has 0 aromatic heterocycles. The van der Waals surface area contributed by atoms with E-state index in [0.29, 0.717) is 0 Å². The Morgan fingerprint density at radius 1 is 1.08 bits per heavy atom. The van der Waals surface area contributed by atoms with Crippen LogP contribution in [0.2, 0.25) is 5.02 Å². The number of esters is 1. The van der Waals surface area contributed by atoms with Crippen LogP contribution in [0.4, 0.5) is 4.39 Å². The molecule has 0 spiro atoms. The van der Waals surface area contributed by atoms with E-state index in [1.807, 2.05) is 6.92 Å². The van der Waals surface area contributed by atoms with E-state index in [-0.39, 0.29) is 16.7 Å². The van der Waals surface area contributed by atoms with Crippen LogP contribution in [0.15, 0.2) is 18.2 Å². The Kier molecular flexibility index (Phi) is 10.7. The van der Waals surface area contributed by atoms with Crippen molar-refractivity contribution in [1.82, 2.24) is 0 Å². The van der Waals surface area contributed by atoms with Gasteiger partial charge in [0.05, 0.1) is 16.7 Å². The Bertz CT molecular complexity index is 491. The van der Waals surface area contributed by atoms with Crippen LogP contribution in [0.1, 0.15) is 88.4 Å². The fraction of sp³-hybridized carbons (Fsp3) is 0.650. The number of carbonyl (C=O) groups excluding carboxylic acids is 1. The quantitative estimate of drug-likeness (QED) is 0.299. The van der Waals surface area contributed by atoms with E-state index in [1.54, 1.807) is 6.07 Å². The topological polar surface area (TPSA) is 26.3 Å². The molecule has 0 aliphatic carbocycles. The Hall–Kier alpha value is -1.09. The average Bonchev–Trinajstić information content (AvgIpc) is 2.55. The van der Waals surface area contributed by atoms with E-state index in [1.165, 1.54) is 57.1 Å². The predicted molar refractivity (Wildman–Crippen MR) is 98.1 cm³/mol. The van der Waals surface area contributed by atoms with Crippen LogP contribution in [0.5, 0.6) is 0 Å². The molecule has 24 heavy (non-hydrogen) atoms. The van der Waals surface area contributed by atoms with Crippen LogP contribution in [0.25, 0.3) is 0 Å². The second-order valence-electron chi connectivity index (χ2n) is 6.43. The molecule has 1 unspecified atom stereocenters. The third-order valence-electron chi connectivity index (χ3n) is 4.19. The van der Waals surface area contributed by atoms with Gasteiger partial charge in [0.2, 0.25) is 0 Å². The Labute approximate surface area is 150 Å². The first kappa shape index (κ1) is 21.0. The first-order valence-corrected chi connectivity index (χ1v) is 9.59. The van der Waals surface area contributed by atoms with Gasteiger partial charge >= 0.3 is 5.97 Å². The highest BCUT2D eigenvalue weighted by atomic mass is 35.5. The summed E-state index contributed by atoms with van der Waals surface area (Å²) in [5.74, 6) is -1.35. The summed E-state index contributed by atoms with van der Waals surface area (Å²) in [5.41, 5.74) is -0.0959. The summed E-state index contributed by atoms with van der Waals surface area (Å²) in [6.45, 7) is 4.08. The Balaban J connectivity index is 2.14. The maximum absolute atomic E-state index is 13.8. The maximum Gasteiger partial charge on any atom is 0.341 e. The van der Waals surface area contributed by atoms with E-state index >= 15 is 0 Å². The third-order valence-corrected chi connectivity index (χ3v) is 4.49. The second kappa shape index (κ2) is 12.3. The SMILES string of the molecule is CCCCCCCCCCCC(C)OC(=O)c1cccc(Cl)c1F. The molecule has 1 atom stereocenters. The normalized spacial score (nSPS) is 12.2. The standard InChI is InChI=1S/C20H30ClFO2/c1-3-4-5-6-7-8-9-10-11-13-16(2)24-20(23)17-14-12-15-18(21)19(17)22/h12,14-16H,3-11,13H2,1-2H3. The third kappa shape index (κ3) is 8.14. The lowest BCUT2D eigenvalue weighted by Crippen LogP contribution is -2.16. The first-order chi connectivity index (χ1) is 11.6. The molecule has 0 fully saturated rings. The summed E-state index contributed by atoms with van der Waals surface area (Å²) >= 11 is 5.68. The van der Waals surface area contributed by atoms with Gasteiger partial charge in [0.15, 0.2) is 5.82 Å². The fourth-order valence-electron chi connectivity index (χ4n) is 2.71. The lowest BCUT2D eigenvalue weighted by Gasteiger charge is -2.13. The zero-order valence-electron chi connectivity index (χ0n) is 15.0. The van der Waals surface area contributed by atoms with Crippen molar-refractivity contribution in [2.24, 2.45) is 0 Å². The maximum atomic E-state index is 13.8. The molecule has 136 valence electrons. The lowest BCUT2D eigenvalue weighted by atomic mass is 10.1. The monoisotopic (exact) mass is 356 g/mol. The van der Waals surface area contributed by atoms with Crippen LogP contribution >= 0.6 is 11.6 Å². The molecule has 0 saturated heterocycles. The van der Waals surface area contributed by atoms with Gasteiger partial charge in [-0.05, 0) is 31.9 Å². The predicted octanol–water partition coefficient (Wildman–Crippen LogP) is 6.95. The minimum atomic E-state index is -0.709. The first-order valence-electron chi connectivity index (χ1n) is 9.21. The molecule has 0 N–H and O–H groups in total. The Morgan fingerprint density at radius 3 is 2.29 bits per heavy atom. The van der Waals surface area contributed by atoms with Crippen molar-refractivity contribution in [2.75, 3.05) is 0 Å². The summed E-state index contributed by atoms with van der Waals surface area (Å²) in [5, 5.41) is -0.0592. The average molecular weight is 357 g/mol. The highest BCUT2D eigenvalue weighted by Gasteiger charge is 2.17. The largest absolute Gasteiger partial charge is 0.459 e. The lowest BCUT2D eigenvalue weighted by molar-refractivity contribution is 0.0314. The minimum Gasteiger partial charge on any atom is -0.459 e. The molecule has 0 bridgehead atoms. The molecule has 4 heteroatoms. The zero-order valence-corrected chi connectivity index (χ0v) is 15.7. The van der Waals surface area contributed by atoms with Crippen molar-refractivity contribution in [3.05, 3.63) is 34.6 Å². The highest BCUT2D eigenvalue weighted by molar-refractivity contribution is 6.31. The summed E-state index contributed by atoms with van der Waals surface area (Å²) in [6, 6.07) is 4.36. The van der Waals surface area contributed by atoms with Crippen molar-refractivity contribution in [3.8, 4) is 0 Å². The van der Waals surface area contributed by atoms with Gasteiger partial charge in [-0.3, -0.25) is 0 Å². The molecule has 2 nitrogen and oxygen atoms in total. The number of unbranched alkanes of at least 4 members (excludes halogenated alkanes) is 8. The smallest absolute Gasteiger partial charge is 0.341 e. The number of benzene rings is 1. The molecule has 0 aliphatic heterocycles. The second-order valence-corrected chi connectivity index (χ2v) is 6.84. The summed E-state index contributed by atoms with van der Waals surface area (Å²) in [6.07, 6.45) is 11.9. The van der Waals surface area contributed by atoms with Crippen LogP contribution in [0.3, 0.4) is 0 Å². The van der Waals surface area contributed by atoms with Gasteiger partial charge in [-0.1, -0.05) is 76.0 Å². The van der Waals surface area contributed by atoms with E-state index in [9.17, 15) is 9.18 Å². The van der Waals surface area contributed by atoms with Gasteiger partial charge in [-0.2, -0.15) is 0 Å². The van der Waals surface area contributed by atoms with Crippen LogP contribution in [0, 0.1) is 5.82 Å². The van der Waals surface area contributed by atoms with E-state index in [2.05, 4.69) is 6.92 Å². The molecular formula is C20H30ClFO2. The minimum absolute atomic E-state index is 0.0592. The van der Waals surface area contributed by atoms with Crippen molar-refractivity contribution in [2.45, 2.75) is 84.2 Å². The van der Waals surface area contributed by atoms with Gasteiger partial charge < -0.3 is 4.74 Å². The van der Waals surface area contributed by atoms with Gasteiger partial charge in [0, 0.05) is 0 Å². The molecule has 0 amide bonds. The van der Waals surface area contributed by atoms with Crippen molar-refractivity contribution < 1.29 is 13.9 Å². The van der Waals surface area contributed by atoms with Gasteiger partial charge in [-0.25, -0.2) is 9.18 Å². The number of hydrogen-bond donors (Lipinski definition) is 0. The van der Waals surface area contributed by atoms with Gasteiger partial charge in [0.1, 0.15) is 0 Å². The molecule has 0 heterocycles. The van der Waals surface area contributed by atoms with E-state index < -0.39 is 11.8 Å². The van der Waals surface area contributed by atoms with Crippen LogP contribution in [-0.4, -0.2) is 12.1 Å². The summed E-state index contributed by atoms with van der Waals surface area (Å²) < 4.78 is 19.1. The van der Waals surface area contributed by atoms with E-state index in [0.717, 1.165) is 19.3 Å². The number of rotatable bonds is 12.